The van der Waals surface area contributed by atoms with Crippen molar-refractivity contribution in [1.82, 2.24) is 0 Å². The lowest BCUT2D eigenvalue weighted by molar-refractivity contribution is -0.0399. The van der Waals surface area contributed by atoms with Gasteiger partial charge in [0.05, 0.1) is 0 Å². The van der Waals surface area contributed by atoms with Gasteiger partial charge in [0.1, 0.15) is 0 Å². The van der Waals surface area contributed by atoms with E-state index in [0.29, 0.717) is 0 Å². The molecule has 5 aliphatic carbocycles. The Hall–Kier alpha value is -2.57. The third-order valence-electron chi connectivity index (χ3n) is 9.69. The summed E-state index contributed by atoms with van der Waals surface area (Å²) in [5, 5.41) is 3.48. The first kappa shape index (κ1) is 18.8. The Morgan fingerprint density at radius 1 is 0.576 bits per heavy atom. The molecule has 9 rings (SSSR count). The Labute approximate surface area is 200 Å². The maximum absolute atomic E-state index is 6.55. The van der Waals surface area contributed by atoms with Crippen molar-refractivity contribution in [2.75, 3.05) is 0 Å². The molecule has 4 saturated carbocycles. The van der Waals surface area contributed by atoms with Gasteiger partial charge in [0.2, 0.25) is 0 Å². The number of hydrogen-bond acceptors (Lipinski definition) is 0. The summed E-state index contributed by atoms with van der Waals surface area (Å²) in [6.45, 7) is 0. The molecule has 4 aromatic carbocycles. The lowest BCUT2D eigenvalue weighted by Gasteiger charge is -2.61. The molecule has 4 bridgehead atoms. The zero-order valence-corrected chi connectivity index (χ0v) is 19.5. The van der Waals surface area contributed by atoms with E-state index in [1.165, 1.54) is 65.1 Å². The molecule has 1 heteroatoms. The van der Waals surface area contributed by atoms with Crippen LogP contribution in [-0.4, -0.2) is 0 Å². The molecule has 0 atom stereocenters. The van der Waals surface area contributed by atoms with E-state index < -0.39 is 0 Å². The number of rotatable bonds is 1. The van der Waals surface area contributed by atoms with Crippen molar-refractivity contribution in [2.45, 2.75) is 37.5 Å². The second kappa shape index (κ2) is 6.51. The van der Waals surface area contributed by atoms with E-state index in [1.54, 1.807) is 11.1 Å². The fraction of sp³-hybridized carbons (Fsp3) is 0.312. The van der Waals surface area contributed by atoms with Crippen LogP contribution in [-0.2, 0) is 5.41 Å². The van der Waals surface area contributed by atoms with Gasteiger partial charge >= 0.3 is 0 Å². The predicted octanol–water partition coefficient (Wildman–Crippen LogP) is 8.88. The van der Waals surface area contributed by atoms with Crippen LogP contribution in [0.4, 0.5) is 0 Å². The van der Waals surface area contributed by atoms with E-state index in [2.05, 4.69) is 78.9 Å². The van der Waals surface area contributed by atoms with Crippen molar-refractivity contribution in [2.24, 2.45) is 23.7 Å². The van der Waals surface area contributed by atoms with Gasteiger partial charge in [-0.25, -0.2) is 0 Å². The molecule has 4 aromatic rings. The molecule has 0 amide bonds. The number of fused-ring (bicyclic) bond motifs is 4. The Kier molecular flexibility index (Phi) is 3.71. The van der Waals surface area contributed by atoms with Gasteiger partial charge in [0.15, 0.2) is 0 Å². The molecule has 4 fully saturated rings. The average molecular weight is 447 g/mol. The lowest BCUT2D eigenvalue weighted by atomic mass is 9.43. The SMILES string of the molecule is Clc1ccc2c(c1)-c1ccc(-c3ccc4ccccc4c3)cc1C21C2CC3CC(C2)CC1C3. The summed E-state index contributed by atoms with van der Waals surface area (Å²) in [6.07, 6.45) is 7.13. The van der Waals surface area contributed by atoms with Crippen LogP contribution in [0.3, 0.4) is 0 Å². The van der Waals surface area contributed by atoms with Gasteiger partial charge in [0, 0.05) is 10.4 Å². The number of hydrogen-bond donors (Lipinski definition) is 0. The largest absolute Gasteiger partial charge is 0.0843 e. The maximum atomic E-state index is 6.55. The van der Waals surface area contributed by atoms with Gasteiger partial charge in [-0.2, -0.15) is 0 Å². The van der Waals surface area contributed by atoms with Crippen molar-refractivity contribution < 1.29 is 0 Å². The van der Waals surface area contributed by atoms with Crippen LogP contribution < -0.4 is 0 Å². The second-order valence-electron chi connectivity index (χ2n) is 11.2. The minimum Gasteiger partial charge on any atom is -0.0843 e. The van der Waals surface area contributed by atoms with Crippen LogP contribution in [0.15, 0.2) is 78.9 Å². The van der Waals surface area contributed by atoms with E-state index in [1.807, 2.05) is 0 Å². The van der Waals surface area contributed by atoms with Crippen molar-refractivity contribution in [3.05, 3.63) is 95.0 Å². The third kappa shape index (κ3) is 2.43. The van der Waals surface area contributed by atoms with Gasteiger partial charge in [-0.05, 0) is 124 Å². The molecule has 1 spiro atoms. The van der Waals surface area contributed by atoms with Crippen LogP contribution in [0, 0.1) is 23.7 Å². The maximum Gasteiger partial charge on any atom is 0.0412 e. The monoisotopic (exact) mass is 446 g/mol. The first-order valence-electron chi connectivity index (χ1n) is 12.6. The Morgan fingerprint density at radius 3 is 2.06 bits per heavy atom. The van der Waals surface area contributed by atoms with Crippen molar-refractivity contribution in [3.63, 3.8) is 0 Å². The zero-order chi connectivity index (χ0) is 21.7. The Balaban J connectivity index is 1.37. The quantitative estimate of drug-likeness (QED) is 0.274. The fourth-order valence-electron chi connectivity index (χ4n) is 8.72. The minimum atomic E-state index is 0.190. The summed E-state index contributed by atoms with van der Waals surface area (Å²) in [5.74, 6) is 3.48. The average Bonchev–Trinajstić information content (AvgIpc) is 3.11. The van der Waals surface area contributed by atoms with Crippen LogP contribution in [0.2, 0.25) is 5.02 Å². The minimum absolute atomic E-state index is 0.190. The highest BCUT2D eigenvalue weighted by Crippen LogP contribution is 2.69. The van der Waals surface area contributed by atoms with Crippen molar-refractivity contribution >= 4 is 22.4 Å². The Morgan fingerprint density at radius 2 is 1.27 bits per heavy atom. The molecule has 0 N–H and O–H groups in total. The van der Waals surface area contributed by atoms with E-state index in [-0.39, 0.29) is 5.41 Å². The van der Waals surface area contributed by atoms with Gasteiger partial charge in [-0.1, -0.05) is 66.2 Å². The molecule has 0 heterocycles. The van der Waals surface area contributed by atoms with Crippen LogP contribution >= 0.6 is 11.6 Å². The predicted molar refractivity (Wildman–Crippen MR) is 138 cm³/mol. The molecule has 0 aromatic heterocycles. The number of halogens is 1. The first-order chi connectivity index (χ1) is 16.2. The van der Waals surface area contributed by atoms with Gasteiger partial charge in [0.25, 0.3) is 0 Å². The summed E-state index contributed by atoms with van der Waals surface area (Å²) in [7, 11) is 0. The van der Waals surface area contributed by atoms with E-state index in [4.69, 9.17) is 11.6 Å². The molecule has 0 aliphatic heterocycles. The van der Waals surface area contributed by atoms with Gasteiger partial charge < -0.3 is 0 Å². The Bertz CT molecular complexity index is 1420. The summed E-state index contributed by atoms with van der Waals surface area (Å²) in [4.78, 5) is 0. The summed E-state index contributed by atoms with van der Waals surface area (Å²) in [5.41, 5.74) is 8.87. The van der Waals surface area contributed by atoms with E-state index in [9.17, 15) is 0 Å². The molecule has 0 saturated heterocycles. The molecule has 33 heavy (non-hydrogen) atoms. The van der Waals surface area contributed by atoms with Crippen LogP contribution in [0.25, 0.3) is 33.0 Å². The highest BCUT2D eigenvalue weighted by molar-refractivity contribution is 6.31. The summed E-state index contributed by atoms with van der Waals surface area (Å²) < 4.78 is 0. The van der Waals surface area contributed by atoms with Crippen molar-refractivity contribution in [3.8, 4) is 22.3 Å². The molecule has 0 unspecified atom stereocenters. The summed E-state index contributed by atoms with van der Waals surface area (Å²) in [6, 6.07) is 29.7. The van der Waals surface area contributed by atoms with E-state index >= 15 is 0 Å². The fourth-order valence-corrected chi connectivity index (χ4v) is 8.89. The third-order valence-corrected chi connectivity index (χ3v) is 9.93. The lowest BCUT2D eigenvalue weighted by Crippen LogP contribution is -2.55. The first-order valence-corrected chi connectivity index (χ1v) is 13.0. The highest BCUT2D eigenvalue weighted by Gasteiger charge is 2.61. The summed E-state index contributed by atoms with van der Waals surface area (Å²) >= 11 is 6.55. The van der Waals surface area contributed by atoms with Gasteiger partial charge in [-0.3, -0.25) is 0 Å². The standard InChI is InChI=1S/C32H27Cl/c33-27-8-10-30-29(18-27)28-9-7-24(23-6-5-21-3-1-2-4-22(21)16-23)17-31(28)32(30)25-12-19-11-20(14-25)15-26(32)13-19/h1-10,16-20,25-26H,11-15H2. The zero-order valence-electron chi connectivity index (χ0n) is 18.7. The number of benzene rings is 4. The van der Waals surface area contributed by atoms with Gasteiger partial charge in [-0.15, -0.1) is 0 Å². The topological polar surface area (TPSA) is 0 Å². The molecule has 0 nitrogen and oxygen atoms in total. The normalized spacial score (nSPS) is 30.7. The smallest absolute Gasteiger partial charge is 0.0412 e. The van der Waals surface area contributed by atoms with Crippen LogP contribution in [0.5, 0.6) is 0 Å². The molecule has 0 radical (unpaired) electrons. The molecular formula is C32H27Cl. The highest BCUT2D eigenvalue weighted by atomic mass is 35.5. The second-order valence-corrected chi connectivity index (χ2v) is 11.6. The van der Waals surface area contributed by atoms with Crippen LogP contribution in [0.1, 0.15) is 43.2 Å². The molecule has 162 valence electrons. The molecule has 5 aliphatic rings. The van der Waals surface area contributed by atoms with Crippen molar-refractivity contribution in [1.29, 1.82) is 0 Å². The molecular weight excluding hydrogens is 420 g/mol. The van der Waals surface area contributed by atoms with E-state index in [0.717, 1.165) is 28.7 Å².